The minimum atomic E-state index is -3.39. The first kappa shape index (κ1) is 35.1. The lowest BCUT2D eigenvalue weighted by Crippen LogP contribution is -2.49. The van der Waals surface area contributed by atoms with Gasteiger partial charge in [0.2, 0.25) is 0 Å². The number of aromatic nitrogens is 1. The van der Waals surface area contributed by atoms with E-state index in [9.17, 15) is 24.2 Å². The molecule has 1 aromatic heterocycles. The van der Waals surface area contributed by atoms with Crippen LogP contribution < -0.4 is 4.74 Å². The summed E-state index contributed by atoms with van der Waals surface area (Å²) >= 11 is 0. The number of carbonyl (C=O) groups excluding carboxylic acids is 2. The summed E-state index contributed by atoms with van der Waals surface area (Å²) in [5, 5.41) is 10.1. The molecule has 1 heterocycles. The lowest BCUT2D eigenvalue weighted by Gasteiger charge is -2.30. The third kappa shape index (κ3) is 9.18. The molecule has 42 heavy (non-hydrogen) atoms. The van der Waals surface area contributed by atoms with Crippen LogP contribution in [0.5, 0.6) is 11.5 Å². The zero-order valence-electron chi connectivity index (χ0n) is 26.0. The van der Waals surface area contributed by atoms with Crippen molar-refractivity contribution in [2.45, 2.75) is 87.4 Å². The molecule has 0 saturated heterocycles. The molecule has 0 bridgehead atoms. The summed E-state index contributed by atoms with van der Waals surface area (Å²) in [6.07, 6.45) is 0.255. The predicted molar refractivity (Wildman–Crippen MR) is 154 cm³/mol. The smallest absolute Gasteiger partial charge is 0.506 e. The average molecular weight is 611 g/mol. The van der Waals surface area contributed by atoms with Crippen LogP contribution in [0.15, 0.2) is 18.2 Å². The van der Waals surface area contributed by atoms with Crippen LogP contribution in [0.1, 0.15) is 89.4 Å². The van der Waals surface area contributed by atoms with Gasteiger partial charge in [0, 0.05) is 16.7 Å². The van der Waals surface area contributed by atoms with Crippen LogP contribution in [0.25, 0.3) is 0 Å². The molecular formula is C30H42FNO9P+. The van der Waals surface area contributed by atoms with Gasteiger partial charge in [-0.25, -0.2) is 4.39 Å². The fraction of sp³-hybridized carbons (Fsp3) is 0.567. The average Bonchev–Trinajstić information content (AvgIpc) is 2.86. The summed E-state index contributed by atoms with van der Waals surface area (Å²) in [7, 11) is -3.39. The molecule has 2 N–H and O–H groups in total. The summed E-state index contributed by atoms with van der Waals surface area (Å²) in [4.78, 5) is 39.3. The van der Waals surface area contributed by atoms with Crippen LogP contribution in [0.3, 0.4) is 0 Å². The Morgan fingerprint density at radius 3 is 1.98 bits per heavy atom. The van der Waals surface area contributed by atoms with Gasteiger partial charge >= 0.3 is 26.0 Å². The van der Waals surface area contributed by atoms with Gasteiger partial charge in [-0.15, -0.1) is 4.89 Å². The van der Waals surface area contributed by atoms with Gasteiger partial charge in [0.05, 0.1) is 16.5 Å². The number of pyridine rings is 1. The first-order valence-electron chi connectivity index (χ1n) is 13.5. The zero-order valence-corrected chi connectivity index (χ0v) is 26.8. The number of nitrogens with zero attached hydrogens (tertiary/aromatic N) is 1. The summed E-state index contributed by atoms with van der Waals surface area (Å²) in [6.45, 7) is 15.1. The van der Waals surface area contributed by atoms with Crippen molar-refractivity contribution in [1.82, 2.24) is 4.98 Å². The van der Waals surface area contributed by atoms with E-state index in [1.54, 1.807) is 67.5 Å². The summed E-state index contributed by atoms with van der Waals surface area (Å²) in [6, 6.07) is 4.59. The number of halogens is 1. The number of hydrogen-bond donors (Lipinski definition) is 2. The summed E-state index contributed by atoms with van der Waals surface area (Å²) < 4.78 is 49.5. The van der Waals surface area contributed by atoms with Gasteiger partial charge in [-0.3, -0.25) is 14.6 Å². The van der Waals surface area contributed by atoms with Gasteiger partial charge in [0.1, 0.15) is 5.75 Å². The van der Waals surface area contributed by atoms with E-state index in [2.05, 4.69) is 4.98 Å². The molecule has 0 aliphatic heterocycles. The quantitative estimate of drug-likeness (QED) is 0.172. The molecule has 0 spiro atoms. The molecule has 0 fully saturated rings. The Labute approximate surface area is 247 Å². The van der Waals surface area contributed by atoms with Gasteiger partial charge in [0.25, 0.3) is 0 Å². The molecule has 12 heteroatoms. The second-order valence-corrected chi connectivity index (χ2v) is 13.3. The Bertz CT molecular complexity index is 1300. The predicted octanol–water partition coefficient (Wildman–Crippen LogP) is 6.18. The fourth-order valence-corrected chi connectivity index (χ4v) is 4.25. The number of hydrogen-bond acceptors (Lipinski definition) is 9. The van der Waals surface area contributed by atoms with Gasteiger partial charge in [-0.1, -0.05) is 18.4 Å². The Balaban J connectivity index is 2.54. The van der Waals surface area contributed by atoms with E-state index in [1.165, 1.54) is 6.07 Å². The molecule has 2 rings (SSSR count). The van der Waals surface area contributed by atoms with Gasteiger partial charge in [0.15, 0.2) is 24.8 Å². The monoisotopic (exact) mass is 610 g/mol. The molecule has 1 atom stereocenters. The third-order valence-electron chi connectivity index (χ3n) is 6.30. The molecular weight excluding hydrogens is 568 g/mol. The fourth-order valence-electron chi connectivity index (χ4n) is 3.82. The van der Waals surface area contributed by atoms with Crippen molar-refractivity contribution in [1.29, 1.82) is 0 Å². The van der Waals surface area contributed by atoms with Crippen molar-refractivity contribution in [2.75, 3.05) is 13.2 Å². The second-order valence-electron chi connectivity index (χ2n) is 12.6. The van der Waals surface area contributed by atoms with Crippen molar-refractivity contribution in [2.24, 2.45) is 10.8 Å². The highest BCUT2D eigenvalue weighted by Crippen LogP contribution is 2.36. The number of carbonyl (C=O) groups is 2. The van der Waals surface area contributed by atoms with Crippen molar-refractivity contribution < 1.29 is 47.3 Å². The standard InChI is InChI=1S/C30H41FNO9P/c1-17(2)25-22(33)12-11-20(32-25)14-21-18(3)13-23(24(31)19(21)4)40-30(41-42(36)37,15-38-26(34)28(5,6)7)16-39-27(35)29(8,9)10/h11-13,17H,14-16H2,1-10H3,(H-,33,36,37)/p+1. The van der Waals surface area contributed by atoms with Crippen molar-refractivity contribution in [3.63, 3.8) is 0 Å². The normalized spacial score (nSPS) is 12.7. The molecule has 0 aliphatic carbocycles. The first-order chi connectivity index (χ1) is 19.2. The summed E-state index contributed by atoms with van der Waals surface area (Å²) in [5.41, 5.74) is 0.676. The molecule has 0 radical (unpaired) electrons. The minimum Gasteiger partial charge on any atom is -0.506 e. The van der Waals surface area contributed by atoms with E-state index < -0.39 is 55.8 Å². The van der Waals surface area contributed by atoms with Crippen molar-refractivity contribution in [3.8, 4) is 11.5 Å². The van der Waals surface area contributed by atoms with Crippen LogP contribution in [0.4, 0.5) is 4.39 Å². The van der Waals surface area contributed by atoms with E-state index in [0.717, 1.165) is 0 Å². The lowest BCUT2D eigenvalue weighted by atomic mass is 9.96. The highest BCUT2D eigenvalue weighted by atomic mass is 31.1. The molecule has 0 amide bonds. The van der Waals surface area contributed by atoms with Crippen LogP contribution >= 0.6 is 8.25 Å². The maximum Gasteiger partial charge on any atom is 0.699 e. The number of esters is 2. The van der Waals surface area contributed by atoms with Gasteiger partial charge in [-0.05, 0) is 96.2 Å². The number of rotatable bonds is 11. The Kier molecular flexibility index (Phi) is 11.2. The molecule has 232 valence electrons. The van der Waals surface area contributed by atoms with E-state index in [0.29, 0.717) is 22.5 Å². The maximum atomic E-state index is 15.9. The Morgan fingerprint density at radius 1 is 1.00 bits per heavy atom. The van der Waals surface area contributed by atoms with E-state index in [1.807, 2.05) is 13.8 Å². The lowest BCUT2D eigenvalue weighted by molar-refractivity contribution is -0.207. The number of aromatic hydroxyl groups is 1. The van der Waals surface area contributed by atoms with Crippen LogP contribution in [0.2, 0.25) is 0 Å². The number of aryl methyl sites for hydroxylation is 1. The highest BCUT2D eigenvalue weighted by Gasteiger charge is 2.48. The third-order valence-corrected chi connectivity index (χ3v) is 6.79. The zero-order chi connectivity index (χ0) is 32.2. The molecule has 10 nitrogen and oxygen atoms in total. The molecule has 1 aromatic carbocycles. The Hall–Kier alpha value is -3.14. The van der Waals surface area contributed by atoms with E-state index in [4.69, 9.17) is 18.7 Å². The SMILES string of the molecule is Cc1cc(OC(COC(=O)C(C)(C)C)(COC(=O)C(C)(C)C)O[P+](=O)O)c(F)c(C)c1Cc1ccc(O)c(C(C)C)n1. The Morgan fingerprint density at radius 2 is 1.52 bits per heavy atom. The van der Waals surface area contributed by atoms with Gasteiger partial charge in [-0.2, -0.15) is 0 Å². The maximum absolute atomic E-state index is 15.9. The van der Waals surface area contributed by atoms with Crippen LogP contribution in [-0.2, 0) is 34.6 Å². The van der Waals surface area contributed by atoms with E-state index in [-0.39, 0.29) is 29.4 Å². The van der Waals surface area contributed by atoms with Crippen LogP contribution in [-0.4, -0.2) is 45.9 Å². The second kappa shape index (κ2) is 13.4. The van der Waals surface area contributed by atoms with Gasteiger partial charge < -0.3 is 19.3 Å². The molecule has 2 aromatic rings. The molecule has 0 saturated carbocycles. The van der Waals surface area contributed by atoms with E-state index >= 15 is 4.39 Å². The van der Waals surface area contributed by atoms with Crippen molar-refractivity contribution in [3.05, 3.63) is 52.1 Å². The number of ether oxygens (including phenoxy) is 3. The largest absolute Gasteiger partial charge is 0.699 e. The minimum absolute atomic E-state index is 0.0226. The highest BCUT2D eigenvalue weighted by molar-refractivity contribution is 7.32. The molecule has 0 aliphatic rings. The topological polar surface area (TPSA) is 141 Å². The van der Waals surface area contributed by atoms with Crippen LogP contribution in [0, 0.1) is 30.5 Å². The van der Waals surface area contributed by atoms with Crippen molar-refractivity contribution >= 4 is 20.2 Å². The number of benzene rings is 1. The first-order valence-corrected chi connectivity index (χ1v) is 14.7. The molecule has 1 unspecified atom stereocenters. The summed E-state index contributed by atoms with van der Waals surface area (Å²) in [5.74, 6) is -4.86.